The summed E-state index contributed by atoms with van der Waals surface area (Å²) in [6, 6.07) is 15.4. The summed E-state index contributed by atoms with van der Waals surface area (Å²) in [4.78, 5) is 12.1. The van der Waals surface area contributed by atoms with Gasteiger partial charge in [0.25, 0.3) is 0 Å². The highest BCUT2D eigenvalue weighted by molar-refractivity contribution is 7.99. The number of nitrogens with one attached hydrogen (secondary N) is 1. The number of nitrogen functional groups attached to an aromatic ring is 1. The molecule has 0 fully saturated rings. The Morgan fingerprint density at radius 1 is 1.14 bits per heavy atom. The molecule has 0 spiro atoms. The first-order valence-corrected chi connectivity index (χ1v) is 9.20. The Morgan fingerprint density at radius 2 is 1.86 bits per heavy atom. The molecule has 7 nitrogen and oxygen atoms in total. The number of alkyl halides is 2. The minimum Gasteiger partial charge on any atom is -0.435 e. The van der Waals surface area contributed by atoms with Gasteiger partial charge in [0.15, 0.2) is 5.82 Å². The van der Waals surface area contributed by atoms with E-state index in [1.54, 1.807) is 0 Å². The van der Waals surface area contributed by atoms with Gasteiger partial charge in [-0.2, -0.15) is 8.78 Å². The van der Waals surface area contributed by atoms with Crippen molar-refractivity contribution in [1.82, 2.24) is 14.9 Å². The lowest BCUT2D eigenvalue weighted by molar-refractivity contribution is -0.113. The maximum atomic E-state index is 12.1. The van der Waals surface area contributed by atoms with E-state index in [4.69, 9.17) is 5.84 Å². The number of ether oxygens (including phenoxy) is 1. The van der Waals surface area contributed by atoms with Crippen molar-refractivity contribution in [1.29, 1.82) is 0 Å². The van der Waals surface area contributed by atoms with Crippen LogP contribution in [0.3, 0.4) is 0 Å². The van der Waals surface area contributed by atoms with Crippen molar-refractivity contribution in [2.75, 3.05) is 16.9 Å². The molecule has 28 heavy (non-hydrogen) atoms. The van der Waals surface area contributed by atoms with Crippen molar-refractivity contribution in [3.8, 4) is 5.75 Å². The van der Waals surface area contributed by atoms with E-state index in [1.807, 2.05) is 30.3 Å². The topological polar surface area (TPSA) is 95.1 Å². The Kier molecular flexibility index (Phi) is 6.43. The van der Waals surface area contributed by atoms with E-state index in [0.29, 0.717) is 23.1 Å². The van der Waals surface area contributed by atoms with Crippen LogP contribution in [0, 0.1) is 0 Å². The number of rotatable bonds is 8. The van der Waals surface area contributed by atoms with E-state index in [2.05, 4.69) is 20.3 Å². The van der Waals surface area contributed by atoms with Gasteiger partial charge in [0.1, 0.15) is 5.75 Å². The molecule has 0 saturated heterocycles. The second-order valence-electron chi connectivity index (χ2n) is 5.67. The number of nitrogens with zero attached hydrogens (tertiary/aromatic N) is 3. The number of halogens is 2. The lowest BCUT2D eigenvalue weighted by Gasteiger charge is -2.07. The highest BCUT2D eigenvalue weighted by atomic mass is 32.2. The van der Waals surface area contributed by atoms with Gasteiger partial charge < -0.3 is 15.9 Å². The second-order valence-corrected chi connectivity index (χ2v) is 6.61. The highest BCUT2D eigenvalue weighted by Crippen LogP contribution is 2.19. The monoisotopic (exact) mass is 405 g/mol. The Labute approximate surface area is 163 Å². The molecule has 3 rings (SSSR count). The van der Waals surface area contributed by atoms with E-state index in [1.165, 1.54) is 28.9 Å². The molecule has 146 valence electrons. The van der Waals surface area contributed by atoms with Crippen LogP contribution in [-0.2, 0) is 11.2 Å². The molecule has 3 N–H and O–H groups in total. The molecular formula is C18H17F2N5O2S. The molecule has 10 heteroatoms. The van der Waals surface area contributed by atoms with Crippen LogP contribution in [0.2, 0.25) is 0 Å². The molecule has 1 amide bonds. The van der Waals surface area contributed by atoms with Crippen LogP contribution in [0.5, 0.6) is 5.75 Å². The quantitative estimate of drug-likeness (QED) is 0.442. The molecule has 0 aliphatic heterocycles. The first-order chi connectivity index (χ1) is 13.5. The third-order valence-corrected chi connectivity index (χ3v) is 4.58. The van der Waals surface area contributed by atoms with E-state index in [9.17, 15) is 13.6 Å². The lowest BCUT2D eigenvalue weighted by atomic mass is 10.1. The van der Waals surface area contributed by atoms with Gasteiger partial charge in [-0.25, -0.2) is 4.68 Å². The molecule has 0 saturated carbocycles. The van der Waals surface area contributed by atoms with E-state index in [-0.39, 0.29) is 17.4 Å². The number of aromatic nitrogens is 3. The first-order valence-electron chi connectivity index (χ1n) is 8.22. The van der Waals surface area contributed by atoms with Gasteiger partial charge in [-0.15, -0.1) is 10.2 Å². The van der Waals surface area contributed by atoms with Crippen molar-refractivity contribution in [2.24, 2.45) is 0 Å². The second kappa shape index (κ2) is 9.18. The molecule has 0 aliphatic rings. The van der Waals surface area contributed by atoms with Crippen molar-refractivity contribution >= 4 is 23.4 Å². The smallest absolute Gasteiger partial charge is 0.387 e. The average molecular weight is 405 g/mol. The zero-order valence-electron chi connectivity index (χ0n) is 14.6. The summed E-state index contributed by atoms with van der Waals surface area (Å²) in [6.45, 7) is -2.89. The van der Waals surface area contributed by atoms with Gasteiger partial charge in [-0.05, 0) is 29.8 Å². The van der Waals surface area contributed by atoms with Crippen LogP contribution in [0.4, 0.5) is 14.5 Å². The summed E-state index contributed by atoms with van der Waals surface area (Å²) in [5.74, 6) is 6.39. The molecule has 0 bridgehead atoms. The van der Waals surface area contributed by atoms with Crippen LogP contribution in [-0.4, -0.2) is 33.1 Å². The minimum absolute atomic E-state index is 0.0181. The molecule has 2 aromatic carbocycles. The summed E-state index contributed by atoms with van der Waals surface area (Å²) in [6.07, 6.45) is 0.532. The van der Waals surface area contributed by atoms with Crippen molar-refractivity contribution < 1.29 is 18.3 Å². The Bertz CT molecular complexity index is 919. The minimum atomic E-state index is -2.89. The number of thioether (sulfide) groups is 1. The summed E-state index contributed by atoms with van der Waals surface area (Å²) in [5, 5.41) is 11.2. The molecule has 1 heterocycles. The predicted octanol–water partition coefficient (Wildman–Crippen LogP) is 2.91. The van der Waals surface area contributed by atoms with Crippen molar-refractivity contribution in [3.05, 3.63) is 66.0 Å². The number of amides is 1. The summed E-state index contributed by atoms with van der Waals surface area (Å²) in [7, 11) is 0. The fourth-order valence-electron chi connectivity index (χ4n) is 2.35. The maximum Gasteiger partial charge on any atom is 0.387 e. The summed E-state index contributed by atoms with van der Waals surface area (Å²) < 4.78 is 29.9. The fourth-order valence-corrected chi connectivity index (χ4v) is 3.03. The number of carbonyl (C=O) groups is 1. The SMILES string of the molecule is Nn1c(Cc2ccccc2)nnc1SCC(=O)Nc1ccc(OC(F)F)cc1. The van der Waals surface area contributed by atoms with Crippen LogP contribution >= 0.6 is 11.8 Å². The lowest BCUT2D eigenvalue weighted by Crippen LogP contribution is -2.17. The maximum absolute atomic E-state index is 12.1. The molecule has 0 radical (unpaired) electrons. The summed E-state index contributed by atoms with van der Waals surface area (Å²) >= 11 is 1.15. The molecule has 0 unspecified atom stereocenters. The van der Waals surface area contributed by atoms with Gasteiger partial charge in [0, 0.05) is 12.1 Å². The van der Waals surface area contributed by atoms with Gasteiger partial charge in [0.2, 0.25) is 11.1 Å². The van der Waals surface area contributed by atoms with Gasteiger partial charge in [-0.1, -0.05) is 42.1 Å². The van der Waals surface area contributed by atoms with Crippen LogP contribution in [0.25, 0.3) is 0 Å². The molecule has 0 atom stereocenters. The predicted molar refractivity (Wildman–Crippen MR) is 102 cm³/mol. The standard InChI is InChI=1S/C18H17F2N5O2S/c19-17(20)27-14-8-6-13(7-9-14)22-16(26)11-28-18-24-23-15(25(18)21)10-12-4-2-1-3-5-12/h1-9,17H,10-11,21H2,(H,22,26). The average Bonchev–Trinajstić information content (AvgIpc) is 3.02. The van der Waals surface area contributed by atoms with E-state index >= 15 is 0 Å². The zero-order valence-corrected chi connectivity index (χ0v) is 15.4. The van der Waals surface area contributed by atoms with Crippen molar-refractivity contribution in [2.45, 2.75) is 18.2 Å². The van der Waals surface area contributed by atoms with Gasteiger partial charge >= 0.3 is 6.61 Å². The molecular weight excluding hydrogens is 388 g/mol. The number of hydrogen-bond donors (Lipinski definition) is 2. The number of benzene rings is 2. The number of nitrogens with two attached hydrogens (primary N) is 1. The Morgan fingerprint density at radius 3 is 2.54 bits per heavy atom. The van der Waals surface area contributed by atoms with Crippen LogP contribution < -0.4 is 15.9 Å². The Balaban J connectivity index is 1.52. The third-order valence-electron chi connectivity index (χ3n) is 3.64. The normalized spacial score (nSPS) is 10.8. The zero-order chi connectivity index (χ0) is 19.9. The fraction of sp³-hybridized carbons (Fsp3) is 0.167. The number of hydrogen-bond acceptors (Lipinski definition) is 6. The summed E-state index contributed by atoms with van der Waals surface area (Å²) in [5.41, 5.74) is 1.52. The van der Waals surface area contributed by atoms with E-state index < -0.39 is 6.61 Å². The third kappa shape index (κ3) is 5.43. The molecule has 3 aromatic rings. The first kappa shape index (κ1) is 19.6. The van der Waals surface area contributed by atoms with Crippen molar-refractivity contribution in [3.63, 3.8) is 0 Å². The van der Waals surface area contributed by atoms with Crippen LogP contribution in [0.15, 0.2) is 59.8 Å². The highest BCUT2D eigenvalue weighted by Gasteiger charge is 2.13. The van der Waals surface area contributed by atoms with E-state index in [0.717, 1.165) is 17.3 Å². The van der Waals surface area contributed by atoms with Gasteiger partial charge in [-0.3, -0.25) is 4.79 Å². The molecule has 1 aromatic heterocycles. The molecule has 0 aliphatic carbocycles. The van der Waals surface area contributed by atoms with Gasteiger partial charge in [0.05, 0.1) is 5.75 Å². The number of anilines is 1. The number of carbonyl (C=O) groups excluding carboxylic acids is 1. The Hall–Kier alpha value is -3.14. The largest absolute Gasteiger partial charge is 0.435 e. The van der Waals surface area contributed by atoms with Crippen LogP contribution in [0.1, 0.15) is 11.4 Å².